The van der Waals surface area contributed by atoms with E-state index in [0.29, 0.717) is 12.0 Å². The number of nitrogens with one attached hydrogen (secondary N) is 1. The Bertz CT molecular complexity index is 619. The summed E-state index contributed by atoms with van der Waals surface area (Å²) >= 11 is 1.70. The van der Waals surface area contributed by atoms with E-state index in [0.717, 1.165) is 27.8 Å². The van der Waals surface area contributed by atoms with Crippen LogP contribution >= 0.6 is 11.3 Å². The van der Waals surface area contributed by atoms with Crippen LogP contribution in [0.4, 0.5) is 11.4 Å². The van der Waals surface area contributed by atoms with Gasteiger partial charge in [-0.3, -0.25) is 0 Å². The van der Waals surface area contributed by atoms with E-state index in [1.807, 2.05) is 6.92 Å². The Balaban J connectivity index is 1.84. The van der Waals surface area contributed by atoms with Crippen LogP contribution in [0.5, 0.6) is 0 Å². The van der Waals surface area contributed by atoms with Crippen molar-refractivity contribution in [3.63, 3.8) is 0 Å². The normalized spacial score (nSPS) is 26.9. The first-order chi connectivity index (χ1) is 9.52. The molecule has 4 heteroatoms. The van der Waals surface area contributed by atoms with E-state index in [1.165, 1.54) is 24.0 Å². The van der Waals surface area contributed by atoms with Crippen LogP contribution in [0.2, 0.25) is 0 Å². The highest BCUT2D eigenvalue weighted by molar-refractivity contribution is 7.18. The molecule has 1 heterocycles. The fourth-order valence-electron chi connectivity index (χ4n) is 3.31. The zero-order valence-electron chi connectivity index (χ0n) is 12.4. The van der Waals surface area contributed by atoms with Crippen LogP contribution in [0, 0.1) is 18.8 Å². The number of benzene rings is 1. The molecule has 1 aromatic carbocycles. The van der Waals surface area contributed by atoms with E-state index in [9.17, 15) is 0 Å². The molecule has 0 amide bonds. The summed E-state index contributed by atoms with van der Waals surface area (Å²) in [4.78, 5) is 4.56. The molecule has 0 aliphatic heterocycles. The third-order valence-corrected chi connectivity index (χ3v) is 5.37. The van der Waals surface area contributed by atoms with Crippen LogP contribution in [0.1, 0.15) is 38.1 Å². The second-order valence-electron chi connectivity index (χ2n) is 6.29. The van der Waals surface area contributed by atoms with Gasteiger partial charge >= 0.3 is 0 Å². The first-order valence-electron chi connectivity index (χ1n) is 7.46. The van der Waals surface area contributed by atoms with E-state index in [4.69, 9.17) is 5.73 Å². The summed E-state index contributed by atoms with van der Waals surface area (Å²) in [5.41, 5.74) is 9.15. The fraction of sp³-hybridized carbons (Fsp3) is 0.562. The molecule has 3 nitrogen and oxygen atoms in total. The van der Waals surface area contributed by atoms with Crippen molar-refractivity contribution in [1.82, 2.24) is 4.98 Å². The number of aryl methyl sites for hydroxylation is 1. The van der Waals surface area contributed by atoms with Crippen molar-refractivity contribution in [1.29, 1.82) is 0 Å². The SMILES string of the molecule is Cc1nc2cc(NC3CCC(C)CC3C)c(N)cc2s1. The zero-order chi connectivity index (χ0) is 14.3. The molecule has 108 valence electrons. The topological polar surface area (TPSA) is 50.9 Å². The molecule has 0 spiro atoms. The maximum atomic E-state index is 6.20. The lowest BCUT2D eigenvalue weighted by molar-refractivity contribution is 0.276. The van der Waals surface area contributed by atoms with Crippen LogP contribution in [0.3, 0.4) is 0 Å². The number of thiazole rings is 1. The minimum absolute atomic E-state index is 0.533. The van der Waals surface area contributed by atoms with Gasteiger partial charge in [0, 0.05) is 6.04 Å². The molecular formula is C16H23N3S. The van der Waals surface area contributed by atoms with Gasteiger partial charge in [0.2, 0.25) is 0 Å². The number of nitrogens with two attached hydrogens (primary N) is 1. The predicted octanol–water partition coefficient (Wildman–Crippen LogP) is 4.42. The highest BCUT2D eigenvalue weighted by Gasteiger charge is 2.25. The third kappa shape index (κ3) is 2.62. The van der Waals surface area contributed by atoms with Crippen molar-refractivity contribution in [2.45, 2.75) is 46.1 Å². The van der Waals surface area contributed by atoms with E-state index in [2.05, 4.69) is 36.3 Å². The summed E-state index contributed by atoms with van der Waals surface area (Å²) in [6, 6.07) is 4.70. The summed E-state index contributed by atoms with van der Waals surface area (Å²) in [5, 5.41) is 4.75. The van der Waals surface area contributed by atoms with Gasteiger partial charge in [-0.25, -0.2) is 4.98 Å². The van der Waals surface area contributed by atoms with E-state index < -0.39 is 0 Å². The van der Waals surface area contributed by atoms with Gasteiger partial charge in [0.1, 0.15) is 0 Å². The van der Waals surface area contributed by atoms with Gasteiger partial charge < -0.3 is 11.1 Å². The maximum Gasteiger partial charge on any atom is 0.0907 e. The summed E-state index contributed by atoms with van der Waals surface area (Å²) < 4.78 is 1.18. The minimum Gasteiger partial charge on any atom is -0.397 e. The molecule has 1 aliphatic rings. The average Bonchev–Trinajstić information content (AvgIpc) is 2.72. The third-order valence-electron chi connectivity index (χ3n) is 4.44. The number of hydrogen-bond acceptors (Lipinski definition) is 4. The molecule has 0 bridgehead atoms. The van der Waals surface area contributed by atoms with Crippen molar-refractivity contribution in [3.05, 3.63) is 17.1 Å². The molecule has 3 rings (SSSR count). The lowest BCUT2D eigenvalue weighted by atomic mass is 9.80. The largest absolute Gasteiger partial charge is 0.397 e. The Hall–Kier alpha value is -1.29. The number of fused-ring (bicyclic) bond motifs is 1. The van der Waals surface area contributed by atoms with Crippen LogP contribution < -0.4 is 11.1 Å². The van der Waals surface area contributed by atoms with E-state index in [-0.39, 0.29) is 0 Å². The first-order valence-corrected chi connectivity index (χ1v) is 8.28. The molecule has 0 radical (unpaired) electrons. The molecule has 3 N–H and O–H groups in total. The van der Waals surface area contributed by atoms with Crippen LogP contribution in [-0.4, -0.2) is 11.0 Å². The number of nitrogen functional groups attached to an aromatic ring is 1. The van der Waals surface area contributed by atoms with Gasteiger partial charge in [-0.2, -0.15) is 0 Å². The van der Waals surface area contributed by atoms with Gasteiger partial charge in [-0.1, -0.05) is 13.8 Å². The molecule has 3 unspecified atom stereocenters. The second kappa shape index (κ2) is 5.24. The van der Waals surface area contributed by atoms with Gasteiger partial charge in [0.15, 0.2) is 0 Å². The molecule has 1 aliphatic carbocycles. The Kier molecular flexibility index (Phi) is 3.59. The highest BCUT2D eigenvalue weighted by Crippen LogP contribution is 2.34. The molecular weight excluding hydrogens is 266 g/mol. The molecule has 20 heavy (non-hydrogen) atoms. The van der Waals surface area contributed by atoms with Gasteiger partial charge in [-0.05, 0) is 50.2 Å². The van der Waals surface area contributed by atoms with Gasteiger partial charge in [-0.15, -0.1) is 11.3 Å². The Morgan fingerprint density at radius 1 is 1.30 bits per heavy atom. The lowest BCUT2D eigenvalue weighted by Crippen LogP contribution is -2.33. The second-order valence-corrected chi connectivity index (χ2v) is 7.52. The van der Waals surface area contributed by atoms with Crippen LogP contribution in [-0.2, 0) is 0 Å². The Morgan fingerprint density at radius 2 is 2.10 bits per heavy atom. The average molecular weight is 289 g/mol. The molecule has 3 atom stereocenters. The summed E-state index contributed by atoms with van der Waals surface area (Å²) in [6.07, 6.45) is 3.84. The van der Waals surface area contributed by atoms with Crippen molar-refractivity contribution < 1.29 is 0 Å². The predicted molar refractivity (Wildman–Crippen MR) is 88.4 cm³/mol. The van der Waals surface area contributed by atoms with Crippen LogP contribution in [0.25, 0.3) is 10.2 Å². The minimum atomic E-state index is 0.533. The number of anilines is 2. The van der Waals surface area contributed by atoms with Crippen molar-refractivity contribution >= 4 is 32.9 Å². The molecule has 1 saturated carbocycles. The highest BCUT2D eigenvalue weighted by atomic mass is 32.1. The molecule has 1 aromatic heterocycles. The summed E-state index contributed by atoms with van der Waals surface area (Å²) in [6.45, 7) is 6.73. The lowest BCUT2D eigenvalue weighted by Gasteiger charge is -2.34. The monoisotopic (exact) mass is 289 g/mol. The number of aromatic nitrogens is 1. The van der Waals surface area contributed by atoms with Gasteiger partial charge in [0.25, 0.3) is 0 Å². The Labute approximate surface area is 124 Å². The van der Waals surface area contributed by atoms with E-state index >= 15 is 0 Å². The quantitative estimate of drug-likeness (QED) is 0.804. The fourth-order valence-corrected chi connectivity index (χ4v) is 4.17. The molecule has 1 fully saturated rings. The molecule has 0 saturated heterocycles. The summed E-state index contributed by atoms with van der Waals surface area (Å²) in [7, 11) is 0. The molecule has 2 aromatic rings. The number of rotatable bonds is 2. The smallest absolute Gasteiger partial charge is 0.0907 e. The standard InChI is InChI=1S/C16H23N3S/c1-9-4-5-13(10(2)6-9)19-14-8-15-16(7-12(14)17)20-11(3)18-15/h7-10,13,19H,4-6,17H2,1-3H3. The van der Waals surface area contributed by atoms with Crippen LogP contribution in [0.15, 0.2) is 12.1 Å². The Morgan fingerprint density at radius 3 is 2.85 bits per heavy atom. The van der Waals surface area contributed by atoms with Crippen molar-refractivity contribution in [2.24, 2.45) is 11.8 Å². The van der Waals surface area contributed by atoms with E-state index in [1.54, 1.807) is 11.3 Å². The van der Waals surface area contributed by atoms with Crippen molar-refractivity contribution in [2.75, 3.05) is 11.1 Å². The first kappa shape index (κ1) is 13.7. The number of nitrogens with zero attached hydrogens (tertiary/aromatic N) is 1. The van der Waals surface area contributed by atoms with Crippen molar-refractivity contribution in [3.8, 4) is 0 Å². The summed E-state index contributed by atoms with van der Waals surface area (Å²) in [5.74, 6) is 1.55. The maximum absolute atomic E-state index is 6.20. The zero-order valence-corrected chi connectivity index (χ0v) is 13.3. The van der Waals surface area contributed by atoms with Gasteiger partial charge in [0.05, 0.1) is 26.6 Å². The number of hydrogen-bond donors (Lipinski definition) is 2.